The largest absolute Gasteiger partial charge is 0.310 e. The van der Waals surface area contributed by atoms with Gasteiger partial charge in [-0.25, -0.2) is 0 Å². The zero-order valence-electron chi connectivity index (χ0n) is 26.3. The lowest BCUT2D eigenvalue weighted by atomic mass is 9.95. The van der Waals surface area contributed by atoms with E-state index < -0.39 is 0 Å². The quantitative estimate of drug-likeness (QED) is 0.177. The van der Waals surface area contributed by atoms with Crippen LogP contribution in [-0.4, -0.2) is 0 Å². The van der Waals surface area contributed by atoms with Gasteiger partial charge in [0.2, 0.25) is 0 Å². The molecule has 0 saturated heterocycles. The van der Waals surface area contributed by atoms with E-state index in [1.165, 1.54) is 70.0 Å². The zero-order valence-corrected chi connectivity index (χ0v) is 27.1. The summed E-state index contributed by atoms with van der Waals surface area (Å²) in [5.41, 5.74) is 10.7. The summed E-state index contributed by atoms with van der Waals surface area (Å²) < 4.78 is 2.59. The lowest BCUT2D eigenvalue weighted by molar-refractivity contribution is 1.30. The van der Waals surface area contributed by atoms with Crippen LogP contribution >= 0.6 is 11.3 Å². The van der Waals surface area contributed by atoms with Crippen LogP contribution in [-0.2, 0) is 0 Å². The number of hydrogen-bond donors (Lipinski definition) is 0. The van der Waals surface area contributed by atoms with Crippen molar-refractivity contribution in [2.75, 3.05) is 4.90 Å². The first-order chi connectivity index (χ1) is 23.8. The van der Waals surface area contributed by atoms with E-state index in [4.69, 9.17) is 0 Å². The Balaban J connectivity index is 1.20. The minimum absolute atomic E-state index is 1.12. The third-order valence-electron chi connectivity index (χ3n) is 9.25. The molecule has 0 aliphatic carbocycles. The van der Waals surface area contributed by atoms with Crippen molar-refractivity contribution in [3.63, 3.8) is 0 Å². The highest BCUT2D eigenvalue weighted by Crippen LogP contribution is 2.45. The molecule has 48 heavy (non-hydrogen) atoms. The second-order valence-corrected chi connectivity index (χ2v) is 13.2. The van der Waals surface area contributed by atoms with Crippen molar-refractivity contribution in [3.05, 3.63) is 188 Å². The van der Waals surface area contributed by atoms with Crippen molar-refractivity contribution in [1.29, 1.82) is 0 Å². The molecule has 0 aliphatic rings. The Morgan fingerprint density at radius 3 is 1.83 bits per heavy atom. The Labute approximate surface area is 284 Å². The predicted molar refractivity (Wildman–Crippen MR) is 208 cm³/mol. The number of fused-ring (bicyclic) bond motifs is 4. The summed E-state index contributed by atoms with van der Waals surface area (Å²) in [5, 5.41) is 5.10. The Kier molecular flexibility index (Phi) is 7.07. The molecule has 0 atom stereocenters. The van der Waals surface area contributed by atoms with E-state index in [0.717, 1.165) is 11.4 Å². The van der Waals surface area contributed by atoms with Crippen LogP contribution in [0, 0.1) is 0 Å². The predicted octanol–water partition coefficient (Wildman–Crippen LogP) is 13.7. The smallest absolute Gasteiger partial charge is 0.0554 e. The van der Waals surface area contributed by atoms with Gasteiger partial charge in [-0.05, 0) is 92.7 Å². The van der Waals surface area contributed by atoms with Crippen LogP contribution in [0.15, 0.2) is 188 Å². The van der Waals surface area contributed by atoms with Crippen molar-refractivity contribution in [3.8, 4) is 33.4 Å². The average molecular weight is 630 g/mol. The van der Waals surface area contributed by atoms with Gasteiger partial charge >= 0.3 is 0 Å². The molecule has 0 aliphatic heterocycles. The molecule has 0 spiro atoms. The molecule has 0 bridgehead atoms. The highest BCUT2D eigenvalue weighted by atomic mass is 32.1. The Hall–Kier alpha value is -5.96. The number of benzene rings is 8. The van der Waals surface area contributed by atoms with Gasteiger partial charge in [-0.3, -0.25) is 0 Å². The molecule has 1 aromatic heterocycles. The number of hydrogen-bond acceptors (Lipinski definition) is 2. The molecule has 9 aromatic rings. The van der Waals surface area contributed by atoms with Gasteiger partial charge in [0.05, 0.1) is 5.69 Å². The normalized spacial score (nSPS) is 11.3. The van der Waals surface area contributed by atoms with Gasteiger partial charge in [0, 0.05) is 31.5 Å². The molecular weight excluding hydrogens is 599 g/mol. The van der Waals surface area contributed by atoms with Crippen LogP contribution in [0.2, 0.25) is 0 Å². The summed E-state index contributed by atoms with van der Waals surface area (Å²) in [5.74, 6) is 0. The highest BCUT2D eigenvalue weighted by molar-refractivity contribution is 7.26. The fourth-order valence-electron chi connectivity index (χ4n) is 6.97. The van der Waals surface area contributed by atoms with Gasteiger partial charge in [-0.15, -0.1) is 11.3 Å². The molecule has 2 heteroatoms. The molecule has 1 nitrogen and oxygen atoms in total. The van der Waals surface area contributed by atoms with Crippen LogP contribution in [0.3, 0.4) is 0 Å². The fraction of sp³-hybridized carbons (Fsp3) is 0. The minimum Gasteiger partial charge on any atom is -0.310 e. The summed E-state index contributed by atoms with van der Waals surface area (Å²) in [7, 11) is 0. The van der Waals surface area contributed by atoms with Crippen LogP contribution in [0.1, 0.15) is 0 Å². The van der Waals surface area contributed by atoms with Crippen molar-refractivity contribution < 1.29 is 0 Å². The summed E-state index contributed by atoms with van der Waals surface area (Å²) >= 11 is 1.86. The maximum Gasteiger partial charge on any atom is 0.0554 e. The van der Waals surface area contributed by atoms with E-state index >= 15 is 0 Å². The number of nitrogens with zero attached hydrogens (tertiary/aromatic N) is 1. The Morgan fingerprint density at radius 1 is 0.354 bits per heavy atom. The first kappa shape index (κ1) is 28.3. The van der Waals surface area contributed by atoms with Gasteiger partial charge < -0.3 is 4.90 Å². The van der Waals surface area contributed by atoms with Gasteiger partial charge in [0.1, 0.15) is 0 Å². The molecule has 0 unspecified atom stereocenters. The van der Waals surface area contributed by atoms with Crippen molar-refractivity contribution >= 4 is 59.3 Å². The van der Waals surface area contributed by atoms with E-state index in [0.29, 0.717) is 0 Å². The summed E-state index contributed by atoms with van der Waals surface area (Å²) in [6.07, 6.45) is 0. The summed E-state index contributed by atoms with van der Waals surface area (Å²) in [6.45, 7) is 0. The lowest BCUT2D eigenvalue weighted by Gasteiger charge is -2.27. The van der Waals surface area contributed by atoms with Gasteiger partial charge in [0.15, 0.2) is 0 Å². The molecule has 1 heterocycles. The van der Waals surface area contributed by atoms with Gasteiger partial charge in [-0.1, -0.05) is 140 Å². The Morgan fingerprint density at radius 2 is 0.958 bits per heavy atom. The standard InChI is InChI=1S/C46H31NS/c1-2-12-32(13-3-1)33-26-28-38(29-27-33)47(43-23-11-25-45-46(43)42-21-6-7-24-44(42)48-45)39-19-9-17-36(31-39)35-16-8-18-37(30-35)41-22-10-15-34-14-4-5-20-40(34)41/h1-31H. The van der Waals surface area contributed by atoms with Crippen LogP contribution in [0.4, 0.5) is 17.1 Å². The minimum atomic E-state index is 1.12. The molecule has 0 radical (unpaired) electrons. The van der Waals surface area contributed by atoms with Crippen LogP contribution in [0.5, 0.6) is 0 Å². The number of rotatable bonds is 6. The second-order valence-electron chi connectivity index (χ2n) is 12.2. The van der Waals surface area contributed by atoms with Crippen molar-refractivity contribution in [2.24, 2.45) is 0 Å². The van der Waals surface area contributed by atoms with E-state index in [9.17, 15) is 0 Å². The van der Waals surface area contributed by atoms with E-state index in [-0.39, 0.29) is 0 Å². The van der Waals surface area contributed by atoms with Crippen LogP contribution in [0.25, 0.3) is 64.3 Å². The molecule has 0 fully saturated rings. The second kappa shape index (κ2) is 12.0. The molecule has 226 valence electrons. The maximum atomic E-state index is 2.42. The third-order valence-corrected chi connectivity index (χ3v) is 10.4. The number of thiophene rings is 1. The first-order valence-corrected chi connectivity index (χ1v) is 17.2. The molecule has 8 aromatic carbocycles. The number of anilines is 3. The third kappa shape index (κ3) is 5.04. The molecule has 0 saturated carbocycles. The fourth-order valence-corrected chi connectivity index (χ4v) is 8.10. The topological polar surface area (TPSA) is 3.24 Å². The molecule has 0 N–H and O–H groups in total. The molecule has 9 rings (SSSR count). The van der Waals surface area contributed by atoms with E-state index in [2.05, 4.69) is 193 Å². The van der Waals surface area contributed by atoms with Gasteiger partial charge in [-0.2, -0.15) is 0 Å². The first-order valence-electron chi connectivity index (χ1n) is 16.3. The summed E-state index contributed by atoms with van der Waals surface area (Å²) in [6, 6.07) is 68.2. The monoisotopic (exact) mass is 629 g/mol. The van der Waals surface area contributed by atoms with Crippen molar-refractivity contribution in [2.45, 2.75) is 0 Å². The summed E-state index contributed by atoms with van der Waals surface area (Å²) in [4.78, 5) is 2.42. The SMILES string of the molecule is c1ccc(-c2ccc(N(c3cccc(-c4cccc(-c5cccc6ccccc56)c4)c3)c3cccc4sc5ccccc5c34)cc2)cc1. The molecular formula is C46H31NS. The van der Waals surface area contributed by atoms with Crippen LogP contribution < -0.4 is 4.90 Å². The van der Waals surface area contributed by atoms with Gasteiger partial charge in [0.25, 0.3) is 0 Å². The lowest BCUT2D eigenvalue weighted by Crippen LogP contribution is -2.10. The Bertz CT molecular complexity index is 2560. The maximum absolute atomic E-state index is 2.42. The van der Waals surface area contributed by atoms with E-state index in [1.54, 1.807) is 0 Å². The highest BCUT2D eigenvalue weighted by Gasteiger charge is 2.19. The van der Waals surface area contributed by atoms with E-state index in [1.807, 2.05) is 11.3 Å². The molecule has 0 amide bonds. The zero-order chi connectivity index (χ0) is 31.9. The van der Waals surface area contributed by atoms with Crippen molar-refractivity contribution in [1.82, 2.24) is 0 Å². The average Bonchev–Trinajstić information content (AvgIpc) is 3.55.